The Balaban J connectivity index is 2.40. The molecule has 4 nitrogen and oxygen atoms in total. The van der Waals surface area contributed by atoms with Gasteiger partial charge >= 0.3 is 0 Å². The van der Waals surface area contributed by atoms with Gasteiger partial charge in [0.05, 0.1) is 5.69 Å². The second-order valence-corrected chi connectivity index (χ2v) is 4.16. The summed E-state index contributed by atoms with van der Waals surface area (Å²) in [5.74, 6) is 1.77. The summed E-state index contributed by atoms with van der Waals surface area (Å²) in [6, 6.07) is 8.13. The van der Waals surface area contributed by atoms with Crippen LogP contribution in [0, 0.1) is 0 Å². The van der Waals surface area contributed by atoms with Gasteiger partial charge in [-0.3, -0.25) is 0 Å². The van der Waals surface area contributed by atoms with E-state index in [1.165, 1.54) is 5.69 Å². The molecular formula is C14H20N4. The lowest BCUT2D eigenvalue weighted by molar-refractivity contribution is 0.773. The number of aromatic nitrogens is 3. The highest BCUT2D eigenvalue weighted by Gasteiger charge is 2.08. The van der Waals surface area contributed by atoms with Crippen LogP contribution in [-0.4, -0.2) is 21.3 Å². The van der Waals surface area contributed by atoms with Gasteiger partial charge in [-0.1, -0.05) is 19.9 Å². The number of anilines is 1. The van der Waals surface area contributed by atoms with Crippen LogP contribution in [-0.2, 0) is 12.8 Å². The zero-order chi connectivity index (χ0) is 13.0. The summed E-state index contributed by atoms with van der Waals surface area (Å²) < 4.78 is 1.94. The van der Waals surface area contributed by atoms with Crippen molar-refractivity contribution in [2.45, 2.75) is 33.6 Å². The van der Waals surface area contributed by atoms with Gasteiger partial charge in [0.15, 0.2) is 5.82 Å². The maximum atomic E-state index is 4.60. The molecule has 0 amide bonds. The van der Waals surface area contributed by atoms with Crippen molar-refractivity contribution in [2.24, 2.45) is 0 Å². The highest BCUT2D eigenvalue weighted by molar-refractivity contribution is 5.40. The number of hydrogen-bond donors (Lipinski definition) is 1. The Hall–Kier alpha value is -1.84. The molecule has 0 saturated carbocycles. The van der Waals surface area contributed by atoms with E-state index in [2.05, 4.69) is 42.2 Å². The average molecular weight is 244 g/mol. The van der Waals surface area contributed by atoms with Crippen molar-refractivity contribution < 1.29 is 0 Å². The van der Waals surface area contributed by atoms with Gasteiger partial charge in [-0.15, -0.1) is 0 Å². The van der Waals surface area contributed by atoms with Crippen molar-refractivity contribution in [1.82, 2.24) is 14.8 Å². The van der Waals surface area contributed by atoms with Crippen LogP contribution < -0.4 is 5.32 Å². The molecule has 18 heavy (non-hydrogen) atoms. The van der Waals surface area contributed by atoms with E-state index < -0.39 is 0 Å². The van der Waals surface area contributed by atoms with Crippen LogP contribution in [0.15, 0.2) is 24.3 Å². The summed E-state index contributed by atoms with van der Waals surface area (Å²) in [6.45, 7) is 7.20. The molecule has 4 heteroatoms. The molecule has 1 N–H and O–H groups in total. The van der Waals surface area contributed by atoms with Gasteiger partial charge in [0.2, 0.25) is 0 Å². The second kappa shape index (κ2) is 5.67. The van der Waals surface area contributed by atoms with Crippen LogP contribution in [0.4, 0.5) is 5.82 Å². The Bertz CT molecular complexity index is 516. The lowest BCUT2D eigenvalue weighted by Gasteiger charge is -2.07. The molecule has 0 saturated heterocycles. The number of pyridine rings is 1. The monoisotopic (exact) mass is 244 g/mol. The minimum absolute atomic E-state index is 0.871. The lowest BCUT2D eigenvalue weighted by Crippen LogP contribution is -2.06. The molecule has 0 radical (unpaired) electrons. The summed E-state index contributed by atoms with van der Waals surface area (Å²) in [5.41, 5.74) is 2.32. The third-order valence-electron chi connectivity index (χ3n) is 2.87. The predicted octanol–water partition coefficient (Wildman–Crippen LogP) is 2.82. The fourth-order valence-electron chi connectivity index (χ4n) is 1.92. The highest BCUT2D eigenvalue weighted by atomic mass is 15.3. The average Bonchev–Trinajstić information content (AvgIpc) is 2.83. The molecule has 2 heterocycles. The molecule has 0 aliphatic rings. The first kappa shape index (κ1) is 12.6. The van der Waals surface area contributed by atoms with E-state index >= 15 is 0 Å². The molecule has 0 aliphatic carbocycles. The Morgan fingerprint density at radius 2 is 2.00 bits per heavy atom. The van der Waals surface area contributed by atoms with Gasteiger partial charge in [0.25, 0.3) is 0 Å². The molecule has 2 aromatic rings. The van der Waals surface area contributed by atoms with E-state index in [9.17, 15) is 0 Å². The van der Waals surface area contributed by atoms with Crippen LogP contribution in [0.5, 0.6) is 0 Å². The molecular weight excluding hydrogens is 224 g/mol. The third kappa shape index (κ3) is 2.53. The first-order valence-corrected chi connectivity index (χ1v) is 6.57. The Labute approximate surface area is 108 Å². The van der Waals surface area contributed by atoms with Crippen LogP contribution in [0.25, 0.3) is 5.82 Å². The highest BCUT2D eigenvalue weighted by Crippen LogP contribution is 2.14. The summed E-state index contributed by atoms with van der Waals surface area (Å²) in [7, 11) is 0. The summed E-state index contributed by atoms with van der Waals surface area (Å²) >= 11 is 0. The Morgan fingerprint density at radius 3 is 2.67 bits per heavy atom. The number of nitrogens with zero attached hydrogens (tertiary/aromatic N) is 3. The van der Waals surface area contributed by atoms with Crippen molar-refractivity contribution in [2.75, 3.05) is 11.9 Å². The summed E-state index contributed by atoms with van der Waals surface area (Å²) in [6.07, 6.45) is 1.91. The lowest BCUT2D eigenvalue weighted by atomic mass is 10.2. The van der Waals surface area contributed by atoms with Gasteiger partial charge in [-0.25, -0.2) is 9.67 Å². The number of nitrogens with one attached hydrogen (secondary N) is 1. The molecule has 0 bridgehead atoms. The summed E-state index contributed by atoms with van der Waals surface area (Å²) in [5, 5.41) is 7.82. The van der Waals surface area contributed by atoms with Crippen molar-refractivity contribution in [3.05, 3.63) is 35.7 Å². The van der Waals surface area contributed by atoms with E-state index in [4.69, 9.17) is 0 Å². The fourth-order valence-corrected chi connectivity index (χ4v) is 1.92. The van der Waals surface area contributed by atoms with E-state index in [1.54, 1.807) is 0 Å². The van der Waals surface area contributed by atoms with E-state index in [-0.39, 0.29) is 0 Å². The zero-order valence-electron chi connectivity index (χ0n) is 11.3. The minimum atomic E-state index is 0.871. The van der Waals surface area contributed by atoms with Crippen molar-refractivity contribution >= 4 is 5.82 Å². The normalized spacial score (nSPS) is 10.6. The molecule has 96 valence electrons. The number of rotatable bonds is 5. The first-order chi connectivity index (χ1) is 8.78. The van der Waals surface area contributed by atoms with Crippen LogP contribution in [0.3, 0.4) is 0 Å². The van der Waals surface area contributed by atoms with Gasteiger partial charge < -0.3 is 5.32 Å². The fraction of sp³-hybridized carbons (Fsp3) is 0.429. The standard InChI is InChI=1S/C14H20N4/c1-4-11-10-12(5-2)18(17-11)14-9-7-8-13(16-14)15-6-3/h7-10H,4-6H2,1-3H3,(H,15,16). The van der Waals surface area contributed by atoms with Crippen molar-refractivity contribution in [1.29, 1.82) is 0 Å². The Kier molecular flexibility index (Phi) is 3.97. The van der Waals surface area contributed by atoms with E-state index in [1.807, 2.05) is 22.9 Å². The predicted molar refractivity (Wildman–Crippen MR) is 74.3 cm³/mol. The van der Waals surface area contributed by atoms with E-state index in [0.29, 0.717) is 0 Å². The van der Waals surface area contributed by atoms with Gasteiger partial charge in [-0.2, -0.15) is 5.10 Å². The second-order valence-electron chi connectivity index (χ2n) is 4.16. The molecule has 0 fully saturated rings. The van der Waals surface area contributed by atoms with Crippen molar-refractivity contribution in [3.63, 3.8) is 0 Å². The van der Waals surface area contributed by atoms with Crippen LogP contribution in [0.2, 0.25) is 0 Å². The summed E-state index contributed by atoms with van der Waals surface area (Å²) in [4.78, 5) is 4.58. The molecule has 0 atom stereocenters. The molecule has 2 aromatic heterocycles. The van der Waals surface area contributed by atoms with E-state index in [0.717, 1.165) is 36.7 Å². The first-order valence-electron chi connectivity index (χ1n) is 6.57. The zero-order valence-corrected chi connectivity index (χ0v) is 11.3. The quantitative estimate of drug-likeness (QED) is 0.879. The number of aryl methyl sites for hydroxylation is 2. The molecule has 0 aliphatic heterocycles. The van der Waals surface area contributed by atoms with Gasteiger partial charge in [-0.05, 0) is 38.0 Å². The largest absolute Gasteiger partial charge is 0.370 e. The smallest absolute Gasteiger partial charge is 0.156 e. The maximum Gasteiger partial charge on any atom is 0.156 e. The topological polar surface area (TPSA) is 42.7 Å². The maximum absolute atomic E-state index is 4.60. The molecule has 0 aromatic carbocycles. The minimum Gasteiger partial charge on any atom is -0.370 e. The third-order valence-corrected chi connectivity index (χ3v) is 2.87. The van der Waals surface area contributed by atoms with Crippen LogP contribution >= 0.6 is 0 Å². The van der Waals surface area contributed by atoms with Gasteiger partial charge in [0.1, 0.15) is 5.82 Å². The molecule has 2 rings (SSSR count). The Morgan fingerprint density at radius 1 is 1.17 bits per heavy atom. The van der Waals surface area contributed by atoms with Gasteiger partial charge in [0, 0.05) is 12.2 Å². The SMILES string of the molecule is CCNc1cccc(-n2nc(CC)cc2CC)n1. The molecule has 0 spiro atoms. The number of hydrogen-bond acceptors (Lipinski definition) is 3. The van der Waals surface area contributed by atoms with Crippen LogP contribution in [0.1, 0.15) is 32.2 Å². The van der Waals surface area contributed by atoms with Crippen molar-refractivity contribution in [3.8, 4) is 5.82 Å². The molecule has 0 unspecified atom stereocenters.